The number of carbonyl (C=O) groups excluding carboxylic acids is 1. The zero-order valence-corrected chi connectivity index (χ0v) is 28.0. The van der Waals surface area contributed by atoms with Crippen molar-refractivity contribution < 1.29 is 14.5 Å². The number of nitrogens with zero attached hydrogens (tertiary/aromatic N) is 2. The van der Waals surface area contributed by atoms with Crippen LogP contribution in [0, 0.1) is 5.92 Å². The molecule has 0 saturated heterocycles. The Kier molecular flexibility index (Phi) is 8.32. The highest BCUT2D eigenvalue weighted by atomic mass is 32.1. The van der Waals surface area contributed by atoms with Crippen LogP contribution >= 0.6 is 11.3 Å². The topological polar surface area (TPSA) is 43.5 Å². The predicted octanol–water partition coefficient (Wildman–Crippen LogP) is 8.95. The van der Waals surface area contributed by atoms with Gasteiger partial charge in [0.25, 0.3) is 0 Å². The second-order valence-electron chi connectivity index (χ2n) is 13.7. The number of allylic oxidation sites excluding steroid dienone is 2. The molecule has 2 aromatic carbocycles. The number of thiophene rings is 1. The smallest absolute Gasteiger partial charge is 0.209 e. The molecule has 1 saturated carbocycles. The average molecular weight is 608 g/mol. The van der Waals surface area contributed by atoms with E-state index in [0.29, 0.717) is 5.57 Å². The summed E-state index contributed by atoms with van der Waals surface area (Å²) in [6.07, 6.45) is 8.99. The molecular weight excluding hydrogens is 561 g/mol. The molecule has 6 rings (SSSR count). The second-order valence-corrected chi connectivity index (χ2v) is 14.7. The van der Waals surface area contributed by atoms with Crippen LogP contribution in [0.4, 0.5) is 11.4 Å². The predicted molar refractivity (Wildman–Crippen MR) is 184 cm³/mol. The van der Waals surface area contributed by atoms with Crippen molar-refractivity contribution in [3.05, 3.63) is 94.5 Å². The quantitative estimate of drug-likeness (QED) is 0.142. The third kappa shape index (κ3) is 5.02. The minimum atomic E-state index is -0.811. The van der Waals surface area contributed by atoms with Gasteiger partial charge < -0.3 is 10.0 Å². The second kappa shape index (κ2) is 11.9. The minimum Gasteiger partial charge on any atom is -0.387 e. The van der Waals surface area contributed by atoms with Crippen LogP contribution in [0.3, 0.4) is 0 Å². The van der Waals surface area contributed by atoms with E-state index in [1.807, 2.05) is 6.08 Å². The zero-order chi connectivity index (χ0) is 31.2. The van der Waals surface area contributed by atoms with Gasteiger partial charge in [0, 0.05) is 57.9 Å². The molecule has 1 aromatic heterocycles. The van der Waals surface area contributed by atoms with Crippen LogP contribution in [0.15, 0.2) is 83.4 Å². The number of ketones is 1. The van der Waals surface area contributed by atoms with Crippen LogP contribution in [-0.4, -0.2) is 40.4 Å². The van der Waals surface area contributed by atoms with Gasteiger partial charge in [0.05, 0.1) is 17.4 Å². The molecule has 1 N–H and O–H groups in total. The molecule has 230 valence electrons. The summed E-state index contributed by atoms with van der Waals surface area (Å²) in [6.45, 7) is 15.2. The zero-order valence-electron chi connectivity index (χ0n) is 27.2. The Labute approximate surface area is 267 Å². The lowest BCUT2D eigenvalue weighted by molar-refractivity contribution is -0.438. The molecule has 1 fully saturated rings. The van der Waals surface area contributed by atoms with E-state index in [1.165, 1.54) is 52.2 Å². The van der Waals surface area contributed by atoms with Crippen molar-refractivity contribution in [2.45, 2.75) is 90.6 Å². The highest BCUT2D eigenvalue weighted by molar-refractivity contribution is 7.13. The number of fused-ring (bicyclic) bond motifs is 2. The number of unbranched alkanes of at least 4 members (excludes halogenated alkanes) is 3. The number of benzene rings is 2. The number of aliphatic hydroxyl groups excluding tert-OH is 1. The van der Waals surface area contributed by atoms with Crippen LogP contribution in [0.5, 0.6) is 0 Å². The van der Waals surface area contributed by atoms with Gasteiger partial charge >= 0.3 is 0 Å². The molecule has 0 spiro atoms. The van der Waals surface area contributed by atoms with Crippen molar-refractivity contribution in [1.29, 1.82) is 0 Å². The molecule has 4 nitrogen and oxygen atoms in total. The van der Waals surface area contributed by atoms with Crippen LogP contribution in [0.2, 0.25) is 0 Å². The summed E-state index contributed by atoms with van der Waals surface area (Å²) in [4.78, 5) is 17.5. The van der Waals surface area contributed by atoms with Crippen molar-refractivity contribution in [3.8, 4) is 10.4 Å². The van der Waals surface area contributed by atoms with Crippen LogP contribution < -0.4 is 4.90 Å². The summed E-state index contributed by atoms with van der Waals surface area (Å²) >= 11 is 1.76. The maximum absolute atomic E-state index is 13.9. The van der Waals surface area contributed by atoms with Crippen LogP contribution in [0.25, 0.3) is 10.4 Å². The highest BCUT2D eigenvalue weighted by Gasteiger charge is 2.50. The monoisotopic (exact) mass is 607 g/mol. The summed E-state index contributed by atoms with van der Waals surface area (Å²) < 4.78 is 2.42. The van der Waals surface area contributed by atoms with Crippen molar-refractivity contribution >= 4 is 34.2 Å². The van der Waals surface area contributed by atoms with Gasteiger partial charge in [-0.2, -0.15) is 4.58 Å². The molecule has 44 heavy (non-hydrogen) atoms. The van der Waals surface area contributed by atoms with Gasteiger partial charge in [-0.25, -0.2) is 0 Å². The van der Waals surface area contributed by atoms with Gasteiger partial charge in [-0.05, 0) is 67.5 Å². The molecule has 3 aliphatic rings. The lowest BCUT2D eigenvalue weighted by Gasteiger charge is -2.35. The largest absolute Gasteiger partial charge is 0.387 e. The minimum absolute atomic E-state index is 0.0395. The Bertz CT molecular complexity index is 1660. The summed E-state index contributed by atoms with van der Waals surface area (Å²) in [5.74, 6) is -0.488. The van der Waals surface area contributed by atoms with Gasteiger partial charge in [-0.1, -0.05) is 70.9 Å². The van der Waals surface area contributed by atoms with Crippen molar-refractivity contribution in [2.75, 3.05) is 18.0 Å². The Morgan fingerprint density at radius 3 is 2.43 bits per heavy atom. The summed E-state index contributed by atoms with van der Waals surface area (Å²) in [6, 6.07) is 19.6. The number of Topliss-reactive ketones (excluding diaryl/α,β-unsaturated/α-hetero) is 1. The molecular formula is C39H47N2O2S+. The van der Waals surface area contributed by atoms with Gasteiger partial charge in [0.1, 0.15) is 6.54 Å². The van der Waals surface area contributed by atoms with Gasteiger partial charge in [0.2, 0.25) is 5.69 Å². The van der Waals surface area contributed by atoms with Crippen LogP contribution in [0.1, 0.15) is 84.8 Å². The van der Waals surface area contributed by atoms with Gasteiger partial charge in [-0.15, -0.1) is 11.3 Å². The first kappa shape index (κ1) is 30.7. The van der Waals surface area contributed by atoms with E-state index < -0.39 is 12.0 Å². The van der Waals surface area contributed by atoms with Crippen molar-refractivity contribution in [2.24, 2.45) is 5.92 Å². The fraction of sp³-hybridized carbons (Fsp3) is 0.436. The Balaban J connectivity index is 1.35. The number of carbonyl (C=O) groups is 1. The number of anilines is 1. The molecule has 0 amide bonds. The molecule has 5 heteroatoms. The van der Waals surface area contributed by atoms with E-state index in [-0.39, 0.29) is 16.6 Å². The number of hydrogen-bond acceptors (Lipinski definition) is 4. The average Bonchev–Trinajstić information content (AvgIpc) is 3.68. The number of rotatable bonds is 10. The molecule has 3 aromatic rings. The van der Waals surface area contributed by atoms with E-state index in [0.717, 1.165) is 37.3 Å². The SMILES string of the molecule is CCCCCC[N+]1=C(C=C2C(=O)C(C=C3N(CCC)c4ccccc4C3(C)C)C2O)C(C)(C)c2cc(-c3cccs3)ccc21. The lowest BCUT2D eigenvalue weighted by atomic mass is 9.71. The molecule has 0 bridgehead atoms. The van der Waals surface area contributed by atoms with E-state index >= 15 is 0 Å². The maximum Gasteiger partial charge on any atom is 0.209 e. The number of aliphatic hydroxyl groups is 1. The van der Waals surface area contributed by atoms with Gasteiger partial charge in [0.15, 0.2) is 11.5 Å². The molecule has 0 radical (unpaired) electrons. The maximum atomic E-state index is 13.9. The molecule has 1 aliphatic carbocycles. The Hall–Kier alpha value is -3.28. The fourth-order valence-electron chi connectivity index (χ4n) is 7.49. The Morgan fingerprint density at radius 2 is 1.73 bits per heavy atom. The third-order valence-corrected chi connectivity index (χ3v) is 11.0. The first-order valence-corrected chi connectivity index (χ1v) is 17.4. The first-order valence-electron chi connectivity index (χ1n) is 16.5. The first-order chi connectivity index (χ1) is 21.1. The normalized spacial score (nSPS) is 23.4. The van der Waals surface area contributed by atoms with Crippen molar-refractivity contribution in [3.63, 3.8) is 0 Å². The molecule has 2 aliphatic heterocycles. The summed E-state index contributed by atoms with van der Waals surface area (Å²) in [5, 5.41) is 13.7. The van der Waals surface area contributed by atoms with E-state index in [2.05, 4.69) is 117 Å². The number of hydrogen-bond donors (Lipinski definition) is 1. The highest BCUT2D eigenvalue weighted by Crippen LogP contribution is 2.49. The Morgan fingerprint density at radius 1 is 0.932 bits per heavy atom. The van der Waals surface area contributed by atoms with E-state index in [4.69, 9.17) is 0 Å². The lowest BCUT2D eigenvalue weighted by Crippen LogP contribution is -2.46. The standard InChI is InChI=1S/C39H47N2O2S/c1-7-9-10-13-21-41-32-19-18-26(33-17-14-22-44-33)23-30(32)39(5,6)35(41)25-28-36(42)27(37(28)43)24-34-38(3,4)29-15-11-12-16-31(29)40(34)20-8-2/h11-12,14-19,22-25,27,36,42H,7-10,13,20-21H2,1-6H3/q+1. The summed E-state index contributed by atoms with van der Waals surface area (Å²) in [5.41, 5.74) is 8.47. The number of para-hydroxylation sites is 1. The third-order valence-electron chi connectivity index (χ3n) is 10.1. The van der Waals surface area contributed by atoms with Gasteiger partial charge in [-0.3, -0.25) is 4.79 Å². The fourth-order valence-corrected chi connectivity index (χ4v) is 8.22. The molecule has 3 heterocycles. The van der Waals surface area contributed by atoms with Crippen LogP contribution in [-0.2, 0) is 15.6 Å². The summed E-state index contributed by atoms with van der Waals surface area (Å²) in [7, 11) is 0. The molecule has 2 unspecified atom stereocenters. The van der Waals surface area contributed by atoms with Crippen molar-refractivity contribution in [1.82, 2.24) is 0 Å². The van der Waals surface area contributed by atoms with E-state index in [1.54, 1.807) is 11.3 Å². The van der Waals surface area contributed by atoms with E-state index in [9.17, 15) is 9.90 Å². The molecule has 2 atom stereocenters.